The fourth-order valence-electron chi connectivity index (χ4n) is 1.64. The molecule has 1 heterocycles. The van der Waals surface area contributed by atoms with Crippen LogP contribution in [-0.2, 0) is 13.1 Å². The van der Waals surface area contributed by atoms with Crippen molar-refractivity contribution in [2.45, 2.75) is 74.4 Å². The summed E-state index contributed by atoms with van der Waals surface area (Å²) in [6.07, 6.45) is 5.10. The number of alkyl halides is 1. The molecule has 1 aromatic rings. The molecule has 0 aliphatic heterocycles. The molecule has 1 rings (SSSR count). The Morgan fingerprint density at radius 1 is 1.14 bits per heavy atom. The average Bonchev–Trinajstić information content (AvgIpc) is 3.09. The first-order chi connectivity index (χ1) is 13.9. The lowest BCUT2D eigenvalue weighted by atomic mass is 10.2. The van der Waals surface area contributed by atoms with Gasteiger partial charge in [-0.1, -0.05) is 73.6 Å². The minimum absolute atomic E-state index is 0.300. The summed E-state index contributed by atoms with van der Waals surface area (Å²) in [7, 11) is 0.500. The molecule has 172 valence electrons. The molecular weight excluding hydrogens is 381 g/mol. The topological polar surface area (TPSA) is 65.8 Å². The van der Waals surface area contributed by atoms with Gasteiger partial charge in [-0.25, -0.2) is 9.48 Å². The van der Waals surface area contributed by atoms with Crippen molar-refractivity contribution < 1.29 is 13.2 Å². The van der Waals surface area contributed by atoms with E-state index in [1.54, 1.807) is 6.08 Å². The van der Waals surface area contributed by atoms with E-state index in [0.29, 0.717) is 13.7 Å². The molecule has 1 aromatic heterocycles. The lowest BCUT2D eigenvalue weighted by Gasteiger charge is -2.03. The van der Waals surface area contributed by atoms with E-state index in [4.69, 9.17) is 5.73 Å². The number of rotatable bonds is 7. The molecule has 5 nitrogen and oxygen atoms in total. The van der Waals surface area contributed by atoms with Crippen molar-refractivity contribution in [2.75, 3.05) is 13.7 Å². The number of hydrogen-bond donors (Lipinski definition) is 1. The second-order valence-corrected chi connectivity index (χ2v) is 4.87. The second kappa shape index (κ2) is 25.9. The van der Waals surface area contributed by atoms with E-state index in [1.165, 1.54) is 17.3 Å². The van der Waals surface area contributed by atoms with E-state index < -0.39 is 11.8 Å². The maximum Gasteiger partial charge on any atom is 0.346 e. The van der Waals surface area contributed by atoms with Gasteiger partial charge in [-0.05, 0) is 12.0 Å². The fourth-order valence-corrected chi connectivity index (χ4v) is 1.64. The molecule has 0 bridgehead atoms. The van der Waals surface area contributed by atoms with Crippen molar-refractivity contribution in [3.63, 3.8) is 0 Å². The van der Waals surface area contributed by atoms with Gasteiger partial charge in [0, 0.05) is 12.1 Å². The molecule has 0 atom stereocenters. The molecule has 8 heteroatoms. The predicted molar refractivity (Wildman–Crippen MR) is 119 cm³/mol. The van der Waals surface area contributed by atoms with Crippen molar-refractivity contribution in [1.82, 2.24) is 14.3 Å². The Bertz CT molecular complexity index is 601. The summed E-state index contributed by atoms with van der Waals surface area (Å²) in [4.78, 5) is 12.0. The van der Waals surface area contributed by atoms with Gasteiger partial charge in [-0.15, -0.1) is 0 Å². The van der Waals surface area contributed by atoms with Gasteiger partial charge in [0.1, 0.15) is 6.33 Å². The van der Waals surface area contributed by atoms with Crippen LogP contribution in [0.4, 0.5) is 13.2 Å². The Hall–Kier alpha value is -2.09. The number of halogens is 3. The smallest absolute Gasteiger partial charge is 0.327 e. The molecule has 0 amide bonds. The Labute approximate surface area is 174 Å². The standard InChI is InChI=1S/C13H18F2N4O.C3H8.2C2H6.CH3F/c1-3-5-10(4-2)7-18-9-17-19(13(18)20)8-11(6-16)12(14)15;1-3-2;3*1-2/h4-5,9H,2-3,6-8,16H2,1H3;3H2,1-2H3;2*1-2H3;1H3/b10-5+;;;;. The molecule has 0 aliphatic carbocycles. The largest absolute Gasteiger partial charge is 0.346 e. The van der Waals surface area contributed by atoms with Gasteiger partial charge in [0.25, 0.3) is 6.08 Å². The maximum absolute atomic E-state index is 12.5. The normalized spacial score (nSPS) is 9.17. The van der Waals surface area contributed by atoms with Crippen molar-refractivity contribution in [1.29, 1.82) is 0 Å². The van der Waals surface area contributed by atoms with E-state index in [0.717, 1.165) is 16.7 Å². The molecule has 0 radical (unpaired) electrons. The molecule has 0 spiro atoms. The van der Waals surface area contributed by atoms with Crippen LogP contribution in [0.5, 0.6) is 0 Å². The Kier molecular flexibility index (Phi) is 30.8. The van der Waals surface area contributed by atoms with Gasteiger partial charge >= 0.3 is 5.69 Å². The monoisotopic (exact) mass is 422 g/mol. The molecule has 0 unspecified atom stereocenters. The third-order valence-corrected chi connectivity index (χ3v) is 2.73. The van der Waals surface area contributed by atoms with Crippen LogP contribution in [0, 0.1) is 0 Å². The van der Waals surface area contributed by atoms with Crippen molar-refractivity contribution in [2.24, 2.45) is 5.73 Å². The first-order valence-corrected chi connectivity index (χ1v) is 9.99. The van der Waals surface area contributed by atoms with Gasteiger partial charge in [0.15, 0.2) is 0 Å². The van der Waals surface area contributed by atoms with Crippen LogP contribution >= 0.6 is 0 Å². The van der Waals surface area contributed by atoms with Crippen LogP contribution in [0.2, 0.25) is 0 Å². The Morgan fingerprint density at radius 2 is 1.62 bits per heavy atom. The first-order valence-electron chi connectivity index (χ1n) is 9.99. The highest BCUT2D eigenvalue weighted by atomic mass is 19.3. The summed E-state index contributed by atoms with van der Waals surface area (Å²) in [6, 6.07) is 0. The summed E-state index contributed by atoms with van der Waals surface area (Å²) in [5.74, 6) is 0. The van der Waals surface area contributed by atoms with E-state index in [2.05, 4.69) is 25.5 Å². The molecule has 0 saturated carbocycles. The van der Waals surface area contributed by atoms with Gasteiger partial charge in [-0.2, -0.15) is 13.9 Å². The number of nitrogens with two attached hydrogens (primary N) is 1. The number of aromatic nitrogens is 3. The predicted octanol–water partition coefficient (Wildman–Crippen LogP) is 5.73. The van der Waals surface area contributed by atoms with Crippen LogP contribution in [0.3, 0.4) is 0 Å². The average molecular weight is 423 g/mol. The van der Waals surface area contributed by atoms with Crippen LogP contribution < -0.4 is 11.4 Å². The molecule has 29 heavy (non-hydrogen) atoms. The maximum atomic E-state index is 12.5. The van der Waals surface area contributed by atoms with Gasteiger partial charge in [0.2, 0.25) is 0 Å². The highest BCUT2D eigenvalue weighted by Gasteiger charge is 2.10. The molecule has 0 aromatic carbocycles. The van der Waals surface area contributed by atoms with Crippen LogP contribution in [0.25, 0.3) is 0 Å². The van der Waals surface area contributed by atoms with E-state index in [9.17, 15) is 18.0 Å². The van der Waals surface area contributed by atoms with E-state index >= 15 is 0 Å². The highest BCUT2D eigenvalue weighted by Crippen LogP contribution is 2.07. The summed E-state index contributed by atoms with van der Waals surface area (Å²) in [5.41, 5.74) is 5.33. The van der Waals surface area contributed by atoms with Crippen molar-refractivity contribution in [3.05, 3.63) is 52.8 Å². The zero-order valence-corrected chi connectivity index (χ0v) is 19.4. The van der Waals surface area contributed by atoms with E-state index in [1.807, 2.05) is 40.7 Å². The summed E-state index contributed by atoms with van der Waals surface area (Å²) < 4.78 is 36.8. The summed E-state index contributed by atoms with van der Waals surface area (Å²) >= 11 is 0. The van der Waals surface area contributed by atoms with Gasteiger partial charge in [0.05, 0.1) is 20.3 Å². The minimum Gasteiger partial charge on any atom is -0.327 e. The molecule has 2 N–H and O–H groups in total. The Morgan fingerprint density at radius 3 is 1.97 bits per heavy atom. The molecule has 0 saturated heterocycles. The van der Waals surface area contributed by atoms with Gasteiger partial charge < -0.3 is 5.73 Å². The number of nitrogens with zero attached hydrogens (tertiary/aromatic N) is 3. The molecular formula is C21H41F3N4O. The molecule has 0 aliphatic rings. The second-order valence-electron chi connectivity index (χ2n) is 4.87. The van der Waals surface area contributed by atoms with Crippen molar-refractivity contribution in [3.8, 4) is 0 Å². The lowest BCUT2D eigenvalue weighted by molar-refractivity contribution is 0.400. The SMILES string of the molecule is C=C/C(=C\CC)Cn1cnn(CC(CN)=C(F)F)c1=O.CC.CC.CCC.CF. The number of hydrogen-bond acceptors (Lipinski definition) is 3. The van der Waals surface area contributed by atoms with Crippen molar-refractivity contribution >= 4 is 0 Å². The van der Waals surface area contributed by atoms with E-state index in [-0.39, 0.29) is 18.7 Å². The Balaban J connectivity index is -0.000000301. The third kappa shape index (κ3) is 16.6. The molecule has 0 fully saturated rings. The summed E-state index contributed by atoms with van der Waals surface area (Å²) in [5, 5.41) is 3.82. The lowest BCUT2D eigenvalue weighted by Crippen LogP contribution is -2.27. The zero-order chi connectivity index (χ0) is 23.8. The number of allylic oxidation sites excluding steroid dienone is 3. The van der Waals surface area contributed by atoms with Gasteiger partial charge in [-0.3, -0.25) is 8.96 Å². The van der Waals surface area contributed by atoms with Crippen LogP contribution in [0.1, 0.15) is 61.3 Å². The highest BCUT2D eigenvalue weighted by molar-refractivity contribution is 5.15. The van der Waals surface area contributed by atoms with Crippen LogP contribution in [-0.4, -0.2) is 28.1 Å². The minimum atomic E-state index is -1.87. The zero-order valence-electron chi connectivity index (χ0n) is 19.4. The van der Waals surface area contributed by atoms with Crippen LogP contribution in [0.15, 0.2) is 47.1 Å². The third-order valence-electron chi connectivity index (χ3n) is 2.73. The first kappa shape index (κ1) is 34.4. The quantitative estimate of drug-likeness (QED) is 0.571. The fraction of sp³-hybridized carbons (Fsp3) is 0.619. The summed E-state index contributed by atoms with van der Waals surface area (Å²) in [6.45, 7) is 17.6.